The number of fused-ring (bicyclic) bond motifs is 2. The van der Waals surface area contributed by atoms with Gasteiger partial charge in [0.2, 0.25) is 0 Å². The number of carbonyl (C=O) groups excluding carboxylic acids is 1. The number of carbonyl (C=O) groups is 2. The maximum atomic E-state index is 12.2. The Bertz CT molecular complexity index is 525. The van der Waals surface area contributed by atoms with E-state index in [-0.39, 0.29) is 17.9 Å². The van der Waals surface area contributed by atoms with E-state index in [0.29, 0.717) is 11.6 Å². The number of amides is 1. The SMILES string of the molecule is Cn1nccc1C(=O)NC1C2CCC(C2)C1C(=O)O. The van der Waals surface area contributed by atoms with Gasteiger partial charge in [0.05, 0.1) is 5.92 Å². The molecule has 2 aliphatic rings. The van der Waals surface area contributed by atoms with Crippen LogP contribution in [0.2, 0.25) is 0 Å². The van der Waals surface area contributed by atoms with Crippen LogP contribution < -0.4 is 5.32 Å². The summed E-state index contributed by atoms with van der Waals surface area (Å²) in [5.74, 6) is -0.926. The van der Waals surface area contributed by atoms with Crippen molar-refractivity contribution in [3.8, 4) is 0 Å². The molecule has 4 atom stereocenters. The van der Waals surface area contributed by atoms with Gasteiger partial charge in [-0.1, -0.05) is 0 Å². The zero-order valence-electron chi connectivity index (χ0n) is 10.7. The zero-order valence-corrected chi connectivity index (χ0v) is 10.7. The molecule has 102 valence electrons. The number of aliphatic carboxylic acids is 1. The van der Waals surface area contributed by atoms with Crippen molar-refractivity contribution < 1.29 is 14.7 Å². The highest BCUT2D eigenvalue weighted by Crippen LogP contribution is 2.48. The van der Waals surface area contributed by atoms with Gasteiger partial charge in [-0.25, -0.2) is 0 Å². The van der Waals surface area contributed by atoms with Crippen LogP contribution in [0.15, 0.2) is 12.3 Å². The Labute approximate surface area is 110 Å². The first-order chi connectivity index (χ1) is 9.08. The Morgan fingerprint density at radius 3 is 2.79 bits per heavy atom. The van der Waals surface area contributed by atoms with Crippen LogP contribution in [0.3, 0.4) is 0 Å². The van der Waals surface area contributed by atoms with E-state index in [9.17, 15) is 14.7 Å². The van der Waals surface area contributed by atoms with Gasteiger partial charge in [0, 0.05) is 19.3 Å². The maximum absolute atomic E-state index is 12.2. The number of aromatic nitrogens is 2. The molecular weight excluding hydrogens is 246 g/mol. The quantitative estimate of drug-likeness (QED) is 0.838. The van der Waals surface area contributed by atoms with E-state index < -0.39 is 11.9 Å². The average molecular weight is 263 g/mol. The molecule has 1 aromatic heterocycles. The van der Waals surface area contributed by atoms with Gasteiger partial charge in [0.25, 0.3) is 5.91 Å². The van der Waals surface area contributed by atoms with Crippen molar-refractivity contribution in [1.82, 2.24) is 15.1 Å². The summed E-state index contributed by atoms with van der Waals surface area (Å²) >= 11 is 0. The third-order valence-corrected chi connectivity index (χ3v) is 4.55. The lowest BCUT2D eigenvalue weighted by atomic mass is 9.84. The van der Waals surface area contributed by atoms with Crippen molar-refractivity contribution >= 4 is 11.9 Å². The molecule has 0 radical (unpaired) electrons. The predicted octanol–water partition coefficient (Wildman–Crippen LogP) is 0.649. The zero-order chi connectivity index (χ0) is 13.6. The van der Waals surface area contributed by atoms with Gasteiger partial charge >= 0.3 is 5.97 Å². The number of nitrogens with one attached hydrogen (secondary N) is 1. The van der Waals surface area contributed by atoms with Crippen LogP contribution in [0.25, 0.3) is 0 Å². The number of aryl methyl sites for hydroxylation is 1. The topological polar surface area (TPSA) is 84.2 Å². The van der Waals surface area contributed by atoms with Crippen LogP contribution in [-0.4, -0.2) is 32.8 Å². The molecule has 2 fully saturated rings. The van der Waals surface area contributed by atoms with E-state index >= 15 is 0 Å². The van der Waals surface area contributed by atoms with Gasteiger partial charge in [0.15, 0.2) is 0 Å². The van der Waals surface area contributed by atoms with Crippen molar-refractivity contribution in [2.24, 2.45) is 24.8 Å². The Morgan fingerprint density at radius 2 is 2.16 bits per heavy atom. The minimum Gasteiger partial charge on any atom is -0.481 e. The Morgan fingerprint density at radius 1 is 1.42 bits per heavy atom. The summed E-state index contributed by atoms with van der Waals surface area (Å²) in [6.07, 6.45) is 4.47. The highest BCUT2D eigenvalue weighted by Gasteiger charge is 2.51. The standard InChI is InChI=1S/C13H17N3O3/c1-16-9(4-5-14-16)12(17)15-11-8-3-2-7(6-8)10(11)13(18)19/h4-5,7-8,10-11H,2-3,6H2,1H3,(H,15,17)(H,18,19). The fourth-order valence-electron chi connectivity index (χ4n) is 3.68. The average Bonchev–Trinajstić information content (AvgIpc) is 3.03. The van der Waals surface area contributed by atoms with Crippen LogP contribution in [0.5, 0.6) is 0 Å². The molecule has 2 N–H and O–H groups in total. The van der Waals surface area contributed by atoms with Crippen molar-refractivity contribution in [3.63, 3.8) is 0 Å². The molecule has 2 aliphatic carbocycles. The van der Waals surface area contributed by atoms with Gasteiger partial charge < -0.3 is 10.4 Å². The van der Waals surface area contributed by atoms with Crippen molar-refractivity contribution in [1.29, 1.82) is 0 Å². The van der Waals surface area contributed by atoms with E-state index in [2.05, 4.69) is 10.4 Å². The lowest BCUT2D eigenvalue weighted by molar-refractivity contribution is -0.144. The Hall–Kier alpha value is -1.85. The number of carboxylic acids is 1. The molecule has 3 rings (SSSR count). The smallest absolute Gasteiger partial charge is 0.308 e. The van der Waals surface area contributed by atoms with Crippen molar-refractivity contribution in [2.75, 3.05) is 0 Å². The molecule has 0 aromatic carbocycles. The van der Waals surface area contributed by atoms with Crippen molar-refractivity contribution in [2.45, 2.75) is 25.3 Å². The molecule has 2 bridgehead atoms. The molecule has 6 heteroatoms. The summed E-state index contributed by atoms with van der Waals surface area (Å²) in [6.45, 7) is 0. The van der Waals surface area contributed by atoms with E-state index in [1.165, 1.54) is 4.68 Å². The Balaban J connectivity index is 1.77. The number of nitrogens with zero attached hydrogens (tertiary/aromatic N) is 2. The van der Waals surface area contributed by atoms with E-state index in [1.807, 2.05) is 0 Å². The third-order valence-electron chi connectivity index (χ3n) is 4.55. The molecule has 1 amide bonds. The van der Waals surface area contributed by atoms with E-state index in [4.69, 9.17) is 0 Å². The summed E-state index contributed by atoms with van der Waals surface area (Å²) in [5, 5.41) is 16.2. The summed E-state index contributed by atoms with van der Waals surface area (Å²) < 4.78 is 1.50. The molecule has 1 aromatic rings. The molecule has 4 unspecified atom stereocenters. The number of rotatable bonds is 3. The fourth-order valence-corrected chi connectivity index (χ4v) is 3.68. The van der Waals surface area contributed by atoms with Crippen LogP contribution in [0, 0.1) is 17.8 Å². The number of hydrogen-bond acceptors (Lipinski definition) is 3. The Kier molecular flexibility index (Phi) is 2.80. The first kappa shape index (κ1) is 12.2. The second kappa shape index (κ2) is 4.36. The van der Waals surface area contributed by atoms with E-state index in [1.54, 1.807) is 19.3 Å². The molecule has 0 saturated heterocycles. The highest BCUT2D eigenvalue weighted by atomic mass is 16.4. The lowest BCUT2D eigenvalue weighted by Gasteiger charge is -2.28. The van der Waals surface area contributed by atoms with Crippen LogP contribution in [-0.2, 0) is 11.8 Å². The number of carboxylic acid groups (broad SMARTS) is 1. The van der Waals surface area contributed by atoms with Gasteiger partial charge in [0.1, 0.15) is 5.69 Å². The largest absolute Gasteiger partial charge is 0.481 e. The summed E-state index contributed by atoms with van der Waals surface area (Å²) in [7, 11) is 1.70. The predicted molar refractivity (Wildman–Crippen MR) is 66.4 cm³/mol. The van der Waals surface area contributed by atoms with Gasteiger partial charge in [-0.05, 0) is 37.2 Å². The maximum Gasteiger partial charge on any atom is 0.308 e. The van der Waals surface area contributed by atoms with Gasteiger partial charge in [-0.3, -0.25) is 14.3 Å². The summed E-state index contributed by atoms with van der Waals surface area (Å²) in [6, 6.07) is 1.40. The molecule has 0 aliphatic heterocycles. The highest BCUT2D eigenvalue weighted by molar-refractivity contribution is 5.93. The summed E-state index contributed by atoms with van der Waals surface area (Å²) in [4.78, 5) is 23.5. The van der Waals surface area contributed by atoms with Crippen LogP contribution >= 0.6 is 0 Å². The van der Waals surface area contributed by atoms with Crippen LogP contribution in [0.4, 0.5) is 0 Å². The molecule has 1 heterocycles. The third kappa shape index (κ3) is 1.91. The van der Waals surface area contributed by atoms with E-state index in [0.717, 1.165) is 19.3 Å². The van der Waals surface area contributed by atoms with Gasteiger partial charge in [-0.2, -0.15) is 5.10 Å². The summed E-state index contributed by atoms with van der Waals surface area (Å²) in [5.41, 5.74) is 0.465. The molecule has 19 heavy (non-hydrogen) atoms. The minimum atomic E-state index is -0.789. The first-order valence-electron chi connectivity index (χ1n) is 6.59. The van der Waals surface area contributed by atoms with Crippen molar-refractivity contribution in [3.05, 3.63) is 18.0 Å². The first-order valence-corrected chi connectivity index (χ1v) is 6.59. The molecule has 2 saturated carbocycles. The number of hydrogen-bond donors (Lipinski definition) is 2. The monoisotopic (exact) mass is 263 g/mol. The van der Waals surface area contributed by atoms with Gasteiger partial charge in [-0.15, -0.1) is 0 Å². The second-order valence-electron chi connectivity index (χ2n) is 5.54. The van der Waals surface area contributed by atoms with Crippen LogP contribution in [0.1, 0.15) is 29.8 Å². The second-order valence-corrected chi connectivity index (χ2v) is 5.54. The molecule has 6 nitrogen and oxygen atoms in total. The fraction of sp³-hybridized carbons (Fsp3) is 0.615. The normalized spacial score (nSPS) is 32.5. The molecular formula is C13H17N3O3. The minimum absolute atomic E-state index is 0.222. The molecule has 0 spiro atoms. The lowest BCUT2D eigenvalue weighted by Crippen LogP contribution is -2.47.